The fraction of sp³-hybridized carbons (Fsp3) is 0.115. The Bertz CT molecular complexity index is 1270. The van der Waals surface area contributed by atoms with Gasteiger partial charge in [-0.1, -0.05) is 42.5 Å². The highest BCUT2D eigenvalue weighted by molar-refractivity contribution is 8.18. The average Bonchev–Trinajstić information content (AvgIpc) is 3.07. The molecule has 8 heteroatoms. The molecule has 3 amide bonds. The van der Waals surface area contributed by atoms with Crippen molar-refractivity contribution in [3.8, 4) is 5.75 Å². The second kappa shape index (κ2) is 10.4. The Kier molecular flexibility index (Phi) is 7.08. The summed E-state index contributed by atoms with van der Waals surface area (Å²) in [5.74, 6) is -0.720. The Balaban J connectivity index is 1.35. The summed E-state index contributed by atoms with van der Waals surface area (Å²) in [5, 5.41) is 2.33. The van der Waals surface area contributed by atoms with Crippen LogP contribution in [-0.2, 0) is 16.1 Å². The molecular weight excluding hydrogens is 455 g/mol. The van der Waals surface area contributed by atoms with Gasteiger partial charge in [-0.2, -0.15) is 0 Å². The van der Waals surface area contributed by atoms with Gasteiger partial charge in [-0.05, 0) is 66.2 Å². The fourth-order valence-electron chi connectivity index (χ4n) is 3.31. The SMILES string of the molecule is Cc1cccc(NC(=O)COc2ccc(/C=C3/SC(=O)N(Cc4ccccc4F)C3=O)cc2)c1. The van der Waals surface area contributed by atoms with Gasteiger partial charge in [-0.15, -0.1) is 0 Å². The summed E-state index contributed by atoms with van der Waals surface area (Å²) < 4.78 is 19.4. The summed E-state index contributed by atoms with van der Waals surface area (Å²) >= 11 is 0.814. The van der Waals surface area contributed by atoms with Gasteiger partial charge in [0.15, 0.2) is 6.61 Å². The van der Waals surface area contributed by atoms with E-state index >= 15 is 0 Å². The topological polar surface area (TPSA) is 75.7 Å². The van der Waals surface area contributed by atoms with E-state index in [2.05, 4.69) is 5.32 Å². The number of amides is 3. The van der Waals surface area contributed by atoms with E-state index in [0.717, 1.165) is 22.2 Å². The molecule has 1 aliphatic rings. The Morgan fingerprint density at radius 3 is 2.56 bits per heavy atom. The zero-order valence-corrected chi connectivity index (χ0v) is 19.1. The molecular formula is C26H21FN2O4S. The first-order valence-corrected chi connectivity index (χ1v) is 11.3. The van der Waals surface area contributed by atoms with E-state index in [-0.39, 0.29) is 29.5 Å². The molecule has 0 aromatic heterocycles. The molecule has 3 aromatic carbocycles. The molecule has 0 spiro atoms. The summed E-state index contributed by atoms with van der Waals surface area (Å²) in [6.07, 6.45) is 1.60. The number of anilines is 1. The number of rotatable bonds is 7. The van der Waals surface area contributed by atoms with Gasteiger partial charge < -0.3 is 10.1 Å². The quantitative estimate of drug-likeness (QED) is 0.463. The minimum atomic E-state index is -0.466. The Morgan fingerprint density at radius 2 is 1.82 bits per heavy atom. The summed E-state index contributed by atoms with van der Waals surface area (Å²) in [7, 11) is 0. The summed E-state index contributed by atoms with van der Waals surface area (Å²) in [6.45, 7) is 1.67. The first-order valence-electron chi connectivity index (χ1n) is 10.5. The minimum Gasteiger partial charge on any atom is -0.484 e. The highest BCUT2D eigenvalue weighted by Gasteiger charge is 2.35. The molecule has 3 aromatic rings. The zero-order chi connectivity index (χ0) is 24.1. The summed E-state index contributed by atoms with van der Waals surface area (Å²) in [5.41, 5.74) is 2.71. The highest BCUT2D eigenvalue weighted by Crippen LogP contribution is 2.33. The number of benzene rings is 3. The number of hydrogen-bond acceptors (Lipinski definition) is 5. The van der Waals surface area contributed by atoms with E-state index in [1.54, 1.807) is 54.6 Å². The van der Waals surface area contributed by atoms with Gasteiger partial charge in [0.2, 0.25) is 0 Å². The molecule has 1 heterocycles. The standard InChI is InChI=1S/C26H21FN2O4S/c1-17-5-4-7-20(13-17)28-24(30)16-33-21-11-9-18(10-12-21)14-23-25(31)29(26(32)34-23)15-19-6-2-3-8-22(19)27/h2-14H,15-16H2,1H3,(H,28,30)/b23-14+. The van der Waals surface area contributed by atoms with Crippen LogP contribution in [0.15, 0.2) is 77.7 Å². The lowest BCUT2D eigenvalue weighted by Crippen LogP contribution is -2.27. The van der Waals surface area contributed by atoms with E-state index < -0.39 is 17.0 Å². The normalized spacial score (nSPS) is 14.5. The molecule has 4 rings (SSSR count). The number of nitrogens with zero attached hydrogens (tertiary/aromatic N) is 1. The van der Waals surface area contributed by atoms with E-state index in [1.165, 1.54) is 6.07 Å². The lowest BCUT2D eigenvalue weighted by molar-refractivity contribution is -0.123. The second-order valence-corrected chi connectivity index (χ2v) is 8.63. The number of halogens is 1. The van der Waals surface area contributed by atoms with Crippen LogP contribution in [0.3, 0.4) is 0 Å². The predicted octanol–water partition coefficient (Wildman–Crippen LogP) is 5.39. The van der Waals surface area contributed by atoms with Crippen LogP contribution >= 0.6 is 11.8 Å². The molecule has 0 aliphatic carbocycles. The third-order valence-electron chi connectivity index (χ3n) is 5.01. The molecule has 0 radical (unpaired) electrons. The van der Waals surface area contributed by atoms with Gasteiger partial charge in [0.25, 0.3) is 17.1 Å². The minimum absolute atomic E-state index is 0.119. The van der Waals surface area contributed by atoms with Crippen molar-refractivity contribution in [1.82, 2.24) is 4.90 Å². The van der Waals surface area contributed by atoms with Crippen LogP contribution in [0.2, 0.25) is 0 Å². The van der Waals surface area contributed by atoms with E-state index in [0.29, 0.717) is 17.0 Å². The maximum absolute atomic E-state index is 13.9. The van der Waals surface area contributed by atoms with Crippen LogP contribution in [0.5, 0.6) is 5.75 Å². The Hall–Kier alpha value is -3.91. The van der Waals surface area contributed by atoms with Crippen molar-refractivity contribution in [1.29, 1.82) is 0 Å². The van der Waals surface area contributed by atoms with Crippen LogP contribution < -0.4 is 10.1 Å². The molecule has 1 N–H and O–H groups in total. The van der Waals surface area contributed by atoms with Crippen LogP contribution in [0, 0.1) is 12.7 Å². The number of nitrogens with one attached hydrogen (secondary N) is 1. The van der Waals surface area contributed by atoms with Crippen molar-refractivity contribution in [2.45, 2.75) is 13.5 Å². The molecule has 0 unspecified atom stereocenters. The lowest BCUT2D eigenvalue weighted by Gasteiger charge is -2.12. The summed E-state index contributed by atoms with van der Waals surface area (Å²) in [4.78, 5) is 38.4. The van der Waals surface area contributed by atoms with Crippen molar-refractivity contribution >= 4 is 40.6 Å². The fourth-order valence-corrected chi connectivity index (χ4v) is 4.15. The van der Waals surface area contributed by atoms with Crippen molar-refractivity contribution in [3.05, 3.63) is 100 Å². The van der Waals surface area contributed by atoms with Gasteiger partial charge in [-0.25, -0.2) is 4.39 Å². The van der Waals surface area contributed by atoms with Crippen molar-refractivity contribution in [3.63, 3.8) is 0 Å². The van der Waals surface area contributed by atoms with Crippen LogP contribution in [0.1, 0.15) is 16.7 Å². The molecule has 172 valence electrons. The molecule has 0 atom stereocenters. The van der Waals surface area contributed by atoms with E-state index in [9.17, 15) is 18.8 Å². The number of ether oxygens (including phenoxy) is 1. The number of thioether (sulfide) groups is 1. The van der Waals surface area contributed by atoms with E-state index in [1.807, 2.05) is 25.1 Å². The van der Waals surface area contributed by atoms with Crippen molar-refractivity contribution < 1.29 is 23.5 Å². The Labute approximate surface area is 200 Å². The third kappa shape index (κ3) is 5.71. The van der Waals surface area contributed by atoms with Gasteiger partial charge in [0, 0.05) is 11.3 Å². The first kappa shape index (κ1) is 23.3. The maximum atomic E-state index is 13.9. The lowest BCUT2D eigenvalue weighted by atomic mass is 10.2. The molecule has 0 bridgehead atoms. The number of carbonyl (C=O) groups is 3. The molecule has 1 fully saturated rings. The average molecular weight is 477 g/mol. The van der Waals surface area contributed by atoms with Gasteiger partial charge in [0.05, 0.1) is 11.4 Å². The van der Waals surface area contributed by atoms with E-state index in [4.69, 9.17) is 4.74 Å². The number of carbonyl (C=O) groups excluding carboxylic acids is 3. The zero-order valence-electron chi connectivity index (χ0n) is 18.3. The van der Waals surface area contributed by atoms with Gasteiger partial charge in [-0.3, -0.25) is 19.3 Å². The number of aryl methyl sites for hydroxylation is 1. The van der Waals surface area contributed by atoms with Gasteiger partial charge >= 0.3 is 0 Å². The predicted molar refractivity (Wildman–Crippen MR) is 130 cm³/mol. The molecule has 6 nitrogen and oxygen atoms in total. The smallest absolute Gasteiger partial charge is 0.293 e. The first-order chi connectivity index (χ1) is 16.4. The Morgan fingerprint density at radius 1 is 1.06 bits per heavy atom. The monoisotopic (exact) mass is 476 g/mol. The third-order valence-corrected chi connectivity index (χ3v) is 5.92. The summed E-state index contributed by atoms with van der Waals surface area (Å²) in [6, 6.07) is 20.3. The largest absolute Gasteiger partial charge is 0.484 e. The van der Waals surface area contributed by atoms with Crippen molar-refractivity contribution in [2.24, 2.45) is 0 Å². The molecule has 0 saturated carbocycles. The van der Waals surface area contributed by atoms with Gasteiger partial charge in [0.1, 0.15) is 11.6 Å². The molecule has 1 aliphatic heterocycles. The maximum Gasteiger partial charge on any atom is 0.293 e. The second-order valence-electron chi connectivity index (χ2n) is 7.63. The van der Waals surface area contributed by atoms with Crippen LogP contribution in [0.4, 0.5) is 14.9 Å². The van der Waals surface area contributed by atoms with Crippen LogP contribution in [0.25, 0.3) is 6.08 Å². The van der Waals surface area contributed by atoms with Crippen LogP contribution in [-0.4, -0.2) is 28.6 Å². The number of imide groups is 1. The highest BCUT2D eigenvalue weighted by atomic mass is 32.2. The number of hydrogen-bond donors (Lipinski definition) is 1. The molecule has 34 heavy (non-hydrogen) atoms. The molecule has 1 saturated heterocycles. The van der Waals surface area contributed by atoms with Crippen molar-refractivity contribution in [2.75, 3.05) is 11.9 Å².